The number of hydrogen-bond acceptors (Lipinski definition) is 5. The van der Waals surface area contributed by atoms with Gasteiger partial charge in [0.2, 0.25) is 0 Å². The molecule has 1 aliphatic rings. The van der Waals surface area contributed by atoms with Crippen LogP contribution in [0.25, 0.3) is 0 Å². The molecule has 1 aromatic rings. The topological polar surface area (TPSA) is 61.5 Å². The van der Waals surface area contributed by atoms with Gasteiger partial charge in [0.05, 0.1) is 13.7 Å². The van der Waals surface area contributed by atoms with Gasteiger partial charge in [0.1, 0.15) is 11.3 Å². The first-order chi connectivity index (χ1) is 9.59. The van der Waals surface area contributed by atoms with Crippen molar-refractivity contribution in [3.63, 3.8) is 0 Å². The summed E-state index contributed by atoms with van der Waals surface area (Å²) in [6.07, 6.45) is 2.24. The van der Waals surface area contributed by atoms with Gasteiger partial charge in [-0.15, -0.1) is 11.8 Å². The molecule has 110 valence electrons. The number of thioether (sulfide) groups is 1. The monoisotopic (exact) mass is 295 g/mol. The molecule has 0 amide bonds. The number of benzene rings is 1. The van der Waals surface area contributed by atoms with Crippen LogP contribution in [0.4, 0.5) is 0 Å². The van der Waals surface area contributed by atoms with E-state index in [4.69, 9.17) is 15.2 Å². The highest BCUT2D eigenvalue weighted by Crippen LogP contribution is 2.42. The molecule has 0 saturated heterocycles. The summed E-state index contributed by atoms with van der Waals surface area (Å²) in [4.78, 5) is 13.0. The van der Waals surface area contributed by atoms with Crippen LogP contribution in [-0.2, 0) is 9.53 Å². The Balaban J connectivity index is 2.01. The minimum absolute atomic E-state index is 0.275. The number of ether oxygens (including phenoxy) is 2. The van der Waals surface area contributed by atoms with E-state index in [0.29, 0.717) is 24.7 Å². The van der Waals surface area contributed by atoms with Gasteiger partial charge in [0.25, 0.3) is 0 Å². The van der Waals surface area contributed by atoms with E-state index in [-0.39, 0.29) is 5.97 Å². The van der Waals surface area contributed by atoms with E-state index >= 15 is 0 Å². The van der Waals surface area contributed by atoms with Gasteiger partial charge < -0.3 is 15.2 Å². The Bertz CT molecular complexity index is 480. The Hall–Kier alpha value is -1.20. The Kier molecular flexibility index (Phi) is 4.94. The summed E-state index contributed by atoms with van der Waals surface area (Å²) in [5.41, 5.74) is 5.36. The predicted molar refractivity (Wildman–Crippen MR) is 80.0 cm³/mol. The quantitative estimate of drug-likeness (QED) is 0.846. The number of rotatable bonds is 5. The number of carbonyl (C=O) groups excluding carboxylic acids is 1. The maximum absolute atomic E-state index is 11.9. The van der Waals surface area contributed by atoms with Gasteiger partial charge in [0.15, 0.2) is 0 Å². The lowest BCUT2D eigenvalue weighted by Crippen LogP contribution is -2.47. The molecule has 20 heavy (non-hydrogen) atoms. The second-order valence-electron chi connectivity index (χ2n) is 5.01. The zero-order valence-corrected chi connectivity index (χ0v) is 12.7. The Labute approximate surface area is 124 Å². The van der Waals surface area contributed by atoms with E-state index in [1.165, 1.54) is 0 Å². The Morgan fingerprint density at radius 3 is 2.95 bits per heavy atom. The Morgan fingerprint density at radius 1 is 1.50 bits per heavy atom. The number of carbonyl (C=O) groups is 1. The molecule has 0 heterocycles. The maximum Gasteiger partial charge on any atom is 0.326 e. The van der Waals surface area contributed by atoms with Crippen molar-refractivity contribution in [2.24, 2.45) is 5.73 Å². The van der Waals surface area contributed by atoms with Crippen LogP contribution < -0.4 is 10.5 Å². The van der Waals surface area contributed by atoms with Crippen LogP contribution in [0.15, 0.2) is 29.2 Å². The van der Waals surface area contributed by atoms with Crippen LogP contribution in [0.1, 0.15) is 26.2 Å². The van der Waals surface area contributed by atoms with E-state index in [1.54, 1.807) is 25.8 Å². The lowest BCUT2D eigenvalue weighted by Gasteiger charge is -2.21. The van der Waals surface area contributed by atoms with Gasteiger partial charge in [-0.05, 0) is 38.3 Å². The number of nitrogens with two attached hydrogens (primary N) is 1. The van der Waals surface area contributed by atoms with E-state index in [9.17, 15) is 4.79 Å². The van der Waals surface area contributed by atoms with Gasteiger partial charge in [-0.2, -0.15) is 0 Å². The molecule has 1 aliphatic carbocycles. The largest absolute Gasteiger partial charge is 0.496 e. The van der Waals surface area contributed by atoms with Crippen molar-refractivity contribution in [2.45, 2.75) is 41.9 Å². The van der Waals surface area contributed by atoms with Gasteiger partial charge in [-0.25, -0.2) is 0 Å². The molecular formula is C15H21NO3S. The summed E-state index contributed by atoms with van der Waals surface area (Å²) in [6, 6.07) is 7.91. The van der Waals surface area contributed by atoms with E-state index in [2.05, 4.69) is 0 Å². The van der Waals surface area contributed by atoms with E-state index < -0.39 is 5.54 Å². The minimum atomic E-state index is -0.824. The molecule has 1 aromatic carbocycles. The smallest absolute Gasteiger partial charge is 0.326 e. The molecular weight excluding hydrogens is 274 g/mol. The number of hydrogen-bond donors (Lipinski definition) is 1. The maximum atomic E-state index is 11.9. The van der Waals surface area contributed by atoms with Crippen molar-refractivity contribution < 1.29 is 14.3 Å². The molecule has 4 nitrogen and oxygen atoms in total. The van der Waals surface area contributed by atoms with Crippen molar-refractivity contribution in [3.05, 3.63) is 24.3 Å². The summed E-state index contributed by atoms with van der Waals surface area (Å²) in [6.45, 7) is 2.18. The normalized spacial score (nSPS) is 25.4. The first-order valence-electron chi connectivity index (χ1n) is 6.85. The van der Waals surface area contributed by atoms with Crippen molar-refractivity contribution in [1.29, 1.82) is 0 Å². The van der Waals surface area contributed by atoms with Gasteiger partial charge in [-0.1, -0.05) is 12.1 Å². The fraction of sp³-hybridized carbons (Fsp3) is 0.533. The Morgan fingerprint density at radius 2 is 2.25 bits per heavy atom. The molecule has 5 heteroatoms. The summed E-state index contributed by atoms with van der Waals surface area (Å²) >= 11 is 1.73. The molecule has 0 spiro atoms. The van der Waals surface area contributed by atoms with Crippen molar-refractivity contribution in [2.75, 3.05) is 13.7 Å². The average Bonchev–Trinajstić information content (AvgIpc) is 2.82. The molecule has 2 atom stereocenters. The number of para-hydroxylation sites is 1. The van der Waals surface area contributed by atoms with Crippen LogP contribution in [0.2, 0.25) is 0 Å². The minimum Gasteiger partial charge on any atom is -0.496 e. The molecule has 2 N–H and O–H groups in total. The number of esters is 1. The standard InChI is InChI=1S/C15H21NO3S/c1-3-19-14(17)15(16)9-8-11(10-15)20-13-7-5-4-6-12(13)18-2/h4-7,11H,3,8-10,16H2,1-2H3. The molecule has 2 unspecified atom stereocenters. The van der Waals surface area contributed by atoms with E-state index in [1.807, 2.05) is 24.3 Å². The SMILES string of the molecule is CCOC(=O)C1(N)CCC(Sc2ccccc2OC)C1. The van der Waals surface area contributed by atoms with E-state index in [0.717, 1.165) is 17.1 Å². The molecule has 0 aliphatic heterocycles. The summed E-state index contributed by atoms with van der Waals surface area (Å²) < 4.78 is 10.4. The molecule has 0 bridgehead atoms. The second-order valence-corrected chi connectivity index (χ2v) is 6.35. The molecule has 0 aromatic heterocycles. The summed E-state index contributed by atoms with van der Waals surface area (Å²) in [7, 11) is 1.67. The molecule has 2 rings (SSSR count). The third kappa shape index (κ3) is 3.27. The van der Waals surface area contributed by atoms with Crippen LogP contribution >= 0.6 is 11.8 Å². The first kappa shape index (κ1) is 15.2. The fourth-order valence-electron chi connectivity index (χ4n) is 2.49. The average molecular weight is 295 g/mol. The number of methoxy groups -OCH3 is 1. The molecule has 1 saturated carbocycles. The third-order valence-electron chi connectivity index (χ3n) is 3.55. The van der Waals surface area contributed by atoms with Gasteiger partial charge >= 0.3 is 5.97 Å². The lowest BCUT2D eigenvalue weighted by atomic mass is 10.00. The van der Waals surface area contributed by atoms with Crippen LogP contribution in [0.3, 0.4) is 0 Å². The zero-order valence-electron chi connectivity index (χ0n) is 11.9. The van der Waals surface area contributed by atoms with Crippen LogP contribution in [-0.4, -0.2) is 30.5 Å². The van der Waals surface area contributed by atoms with Gasteiger partial charge in [-0.3, -0.25) is 4.79 Å². The highest BCUT2D eigenvalue weighted by atomic mass is 32.2. The summed E-state index contributed by atoms with van der Waals surface area (Å²) in [5, 5.41) is 0.320. The highest BCUT2D eigenvalue weighted by Gasteiger charge is 2.43. The highest BCUT2D eigenvalue weighted by molar-refractivity contribution is 8.00. The molecule has 0 radical (unpaired) electrons. The summed E-state index contributed by atoms with van der Waals surface area (Å²) in [5.74, 6) is 0.589. The van der Waals surface area contributed by atoms with Gasteiger partial charge in [0, 0.05) is 10.1 Å². The molecule has 1 fully saturated rings. The zero-order chi connectivity index (χ0) is 14.6. The predicted octanol–water partition coefficient (Wildman–Crippen LogP) is 2.60. The van der Waals surface area contributed by atoms with Crippen molar-refractivity contribution >= 4 is 17.7 Å². The first-order valence-corrected chi connectivity index (χ1v) is 7.73. The fourth-order valence-corrected chi connectivity index (χ4v) is 3.89. The van der Waals surface area contributed by atoms with Crippen LogP contribution in [0.5, 0.6) is 5.75 Å². The van der Waals surface area contributed by atoms with Crippen LogP contribution in [0, 0.1) is 0 Å². The van der Waals surface area contributed by atoms with Crippen molar-refractivity contribution in [1.82, 2.24) is 0 Å². The second kappa shape index (κ2) is 6.50. The third-order valence-corrected chi connectivity index (χ3v) is 4.88. The lowest BCUT2D eigenvalue weighted by molar-refractivity contribution is -0.149. The van der Waals surface area contributed by atoms with Crippen molar-refractivity contribution in [3.8, 4) is 5.75 Å².